The Morgan fingerprint density at radius 1 is 1.50 bits per heavy atom. The van der Waals surface area contributed by atoms with Crippen LogP contribution in [-0.4, -0.2) is 18.4 Å². The summed E-state index contributed by atoms with van der Waals surface area (Å²) in [6, 6.07) is 0. The van der Waals surface area contributed by atoms with Crippen LogP contribution in [0.15, 0.2) is 9.98 Å². The van der Waals surface area contributed by atoms with Gasteiger partial charge in [-0.15, -0.1) is 0 Å². The topological polar surface area (TPSA) is 48.6 Å². The first-order chi connectivity index (χ1) is 3.77. The molecular weight excluding hydrogens is 102 g/mol. The molecule has 0 atom stereocenters. The first kappa shape index (κ1) is 7.01. The Kier molecular flexibility index (Phi) is 3.66. The van der Waals surface area contributed by atoms with Crippen molar-refractivity contribution in [3.63, 3.8) is 0 Å². The fourth-order valence-corrected chi connectivity index (χ4v) is 0.182. The Hall–Kier alpha value is -0.990. The molecule has 0 saturated heterocycles. The van der Waals surface area contributed by atoms with Crippen LogP contribution in [0.2, 0.25) is 0 Å². The highest BCUT2D eigenvalue weighted by molar-refractivity contribution is 5.87. The maximum atomic E-state index is 6.45. The van der Waals surface area contributed by atoms with Crippen molar-refractivity contribution in [1.29, 1.82) is 5.41 Å². The van der Waals surface area contributed by atoms with Gasteiger partial charge in [-0.3, -0.25) is 5.41 Å². The molecule has 0 spiro atoms. The molecule has 44 valence electrons. The molecule has 0 amide bonds. The molecular formula is C5H9N3. The van der Waals surface area contributed by atoms with Gasteiger partial charge in [-0.1, -0.05) is 0 Å². The maximum absolute atomic E-state index is 6.45. The van der Waals surface area contributed by atoms with E-state index in [4.69, 9.17) is 5.41 Å². The quantitative estimate of drug-likeness (QED) is 0.410. The molecule has 0 aliphatic rings. The lowest BCUT2D eigenvalue weighted by atomic mass is 10.5. The van der Waals surface area contributed by atoms with Gasteiger partial charge in [-0.2, -0.15) is 0 Å². The van der Waals surface area contributed by atoms with Crippen LogP contribution < -0.4 is 0 Å². The van der Waals surface area contributed by atoms with Crippen molar-refractivity contribution >= 4 is 18.4 Å². The van der Waals surface area contributed by atoms with Gasteiger partial charge in [0.15, 0.2) is 0 Å². The largest absolute Gasteiger partial charge is 0.289 e. The molecule has 0 aliphatic carbocycles. The van der Waals surface area contributed by atoms with E-state index >= 15 is 0 Å². The highest BCUT2D eigenvalue weighted by atomic mass is 14.9. The minimum Gasteiger partial charge on any atom is -0.289 e. The molecule has 0 fully saturated rings. The summed E-state index contributed by atoms with van der Waals surface area (Å²) in [5.41, 5.74) is 0.940. The predicted octanol–water partition coefficient (Wildman–Crippen LogP) is 1.10. The third kappa shape index (κ3) is 5.01. The van der Waals surface area contributed by atoms with Crippen molar-refractivity contribution in [2.75, 3.05) is 0 Å². The summed E-state index contributed by atoms with van der Waals surface area (Å²) < 4.78 is 0. The van der Waals surface area contributed by atoms with E-state index < -0.39 is 0 Å². The summed E-state index contributed by atoms with van der Waals surface area (Å²) in [7, 11) is 0. The molecule has 0 aromatic heterocycles. The van der Waals surface area contributed by atoms with Gasteiger partial charge in [-0.25, -0.2) is 9.98 Å². The fraction of sp³-hybridized carbons (Fsp3) is 0.400. The lowest BCUT2D eigenvalue weighted by Gasteiger charge is -1.77. The maximum Gasteiger partial charge on any atom is 0.117 e. The van der Waals surface area contributed by atoms with Crippen LogP contribution >= 0.6 is 0 Å². The molecule has 8 heavy (non-hydrogen) atoms. The van der Waals surface area contributed by atoms with Crippen LogP contribution in [-0.2, 0) is 0 Å². The van der Waals surface area contributed by atoms with Gasteiger partial charge in [-0.05, 0) is 13.8 Å². The summed E-state index contributed by atoms with van der Waals surface area (Å²) in [6.07, 6.45) is 2.30. The molecule has 0 bridgehead atoms. The number of aliphatic imine (C=N–C) groups is 2. The Bertz CT molecular complexity index is 120. The molecule has 0 unspecified atom stereocenters. The average Bonchev–Trinajstić information content (AvgIpc) is 1.66. The number of nitrogens with zero attached hydrogens (tertiary/aromatic N) is 2. The molecule has 0 heterocycles. The highest BCUT2D eigenvalue weighted by Crippen LogP contribution is 1.68. The number of rotatable bonds is 2. The molecule has 0 radical (unpaired) electrons. The van der Waals surface area contributed by atoms with Crippen LogP contribution in [0.25, 0.3) is 0 Å². The number of nitrogens with one attached hydrogen (secondary N) is 1. The first-order valence-corrected chi connectivity index (χ1v) is 2.29. The lowest BCUT2D eigenvalue weighted by molar-refractivity contribution is 1.50. The van der Waals surface area contributed by atoms with Gasteiger partial charge >= 0.3 is 0 Å². The van der Waals surface area contributed by atoms with Crippen LogP contribution in [0, 0.1) is 5.41 Å². The Morgan fingerprint density at radius 2 is 2.12 bits per heavy atom. The molecule has 3 heteroatoms. The van der Waals surface area contributed by atoms with E-state index in [0.29, 0.717) is 0 Å². The zero-order chi connectivity index (χ0) is 6.41. The van der Waals surface area contributed by atoms with Crippen molar-refractivity contribution in [3.8, 4) is 0 Å². The van der Waals surface area contributed by atoms with Gasteiger partial charge in [0.25, 0.3) is 0 Å². The summed E-state index contributed by atoms with van der Waals surface area (Å²) in [5.74, 6) is 0. The average molecular weight is 111 g/mol. The van der Waals surface area contributed by atoms with Gasteiger partial charge < -0.3 is 0 Å². The minimum atomic E-state index is 0.940. The van der Waals surface area contributed by atoms with Gasteiger partial charge in [0.2, 0.25) is 0 Å². The zero-order valence-corrected chi connectivity index (χ0v) is 5.05. The summed E-state index contributed by atoms with van der Waals surface area (Å²) in [5, 5.41) is 6.45. The number of hydrogen-bond donors (Lipinski definition) is 1. The number of hydrogen-bond acceptors (Lipinski definition) is 1. The van der Waals surface area contributed by atoms with E-state index in [2.05, 4.69) is 9.98 Å². The molecule has 0 rings (SSSR count). The standard InChI is InChI=1S/C5H9N3/c1-5(2)8-4-7-3-6/h3-4,6H,1-2H3/b6-3?,7-4-. The first-order valence-electron chi connectivity index (χ1n) is 2.29. The van der Waals surface area contributed by atoms with Crippen molar-refractivity contribution < 1.29 is 0 Å². The van der Waals surface area contributed by atoms with Crippen LogP contribution in [0.4, 0.5) is 0 Å². The normalized spacial score (nSPS) is 9.25. The van der Waals surface area contributed by atoms with Crippen molar-refractivity contribution in [3.05, 3.63) is 0 Å². The second-order valence-corrected chi connectivity index (χ2v) is 1.47. The van der Waals surface area contributed by atoms with E-state index in [9.17, 15) is 0 Å². The third-order valence-corrected chi connectivity index (χ3v) is 0.457. The van der Waals surface area contributed by atoms with Crippen molar-refractivity contribution in [2.45, 2.75) is 13.8 Å². The molecule has 1 N–H and O–H groups in total. The molecule has 3 nitrogen and oxygen atoms in total. The highest BCUT2D eigenvalue weighted by Gasteiger charge is 1.68. The summed E-state index contributed by atoms with van der Waals surface area (Å²) in [6.45, 7) is 3.74. The molecule has 0 aromatic carbocycles. The smallest absolute Gasteiger partial charge is 0.117 e. The zero-order valence-electron chi connectivity index (χ0n) is 5.05. The Balaban J connectivity index is 3.57. The second-order valence-electron chi connectivity index (χ2n) is 1.47. The van der Waals surface area contributed by atoms with Gasteiger partial charge in [0.05, 0.1) is 0 Å². The van der Waals surface area contributed by atoms with Gasteiger partial charge in [0, 0.05) is 5.71 Å². The van der Waals surface area contributed by atoms with Crippen molar-refractivity contribution in [2.24, 2.45) is 9.98 Å². The fourth-order valence-electron chi connectivity index (χ4n) is 0.182. The molecule has 0 aliphatic heterocycles. The predicted molar refractivity (Wildman–Crippen MR) is 36.1 cm³/mol. The lowest BCUT2D eigenvalue weighted by Crippen LogP contribution is -1.79. The van der Waals surface area contributed by atoms with E-state index in [1.54, 1.807) is 0 Å². The minimum absolute atomic E-state index is 0.940. The van der Waals surface area contributed by atoms with E-state index in [-0.39, 0.29) is 0 Å². The SMILES string of the molecule is CC(C)=N/C=N\C=N. The van der Waals surface area contributed by atoms with Crippen molar-refractivity contribution in [1.82, 2.24) is 0 Å². The van der Waals surface area contributed by atoms with Crippen LogP contribution in [0.3, 0.4) is 0 Å². The Labute approximate surface area is 48.7 Å². The monoisotopic (exact) mass is 111 g/mol. The van der Waals surface area contributed by atoms with Gasteiger partial charge in [0.1, 0.15) is 12.7 Å². The molecule has 0 saturated carbocycles. The van der Waals surface area contributed by atoms with E-state index in [1.165, 1.54) is 6.34 Å². The van der Waals surface area contributed by atoms with Crippen LogP contribution in [0.5, 0.6) is 0 Å². The molecule has 0 aromatic rings. The second kappa shape index (κ2) is 4.18. The van der Waals surface area contributed by atoms with Crippen LogP contribution in [0.1, 0.15) is 13.8 Å². The third-order valence-electron chi connectivity index (χ3n) is 0.457. The van der Waals surface area contributed by atoms with E-state index in [0.717, 1.165) is 12.1 Å². The summed E-state index contributed by atoms with van der Waals surface area (Å²) in [4.78, 5) is 7.23. The summed E-state index contributed by atoms with van der Waals surface area (Å²) >= 11 is 0. The Morgan fingerprint density at radius 3 is 2.50 bits per heavy atom. The van der Waals surface area contributed by atoms with E-state index in [1.807, 2.05) is 13.8 Å².